The van der Waals surface area contributed by atoms with Crippen molar-refractivity contribution in [2.75, 3.05) is 38.2 Å². The Hall–Kier alpha value is -4.74. The zero-order valence-corrected chi connectivity index (χ0v) is 25.4. The van der Waals surface area contributed by atoms with Gasteiger partial charge >= 0.3 is 5.97 Å². The van der Waals surface area contributed by atoms with Crippen molar-refractivity contribution in [3.63, 3.8) is 0 Å². The van der Waals surface area contributed by atoms with Crippen LogP contribution in [0.5, 0.6) is 5.75 Å². The molecule has 11 heteroatoms. The van der Waals surface area contributed by atoms with Gasteiger partial charge in [-0.05, 0) is 80.2 Å². The molecule has 4 aromatic rings. The van der Waals surface area contributed by atoms with Gasteiger partial charge < -0.3 is 34.3 Å². The summed E-state index contributed by atoms with van der Waals surface area (Å²) < 4.78 is 17.7. The monoisotopic (exact) mass is 599 g/mol. The lowest BCUT2D eigenvalue weighted by Crippen LogP contribution is -2.29. The number of thiocarbonyl (C=S) groups is 1. The van der Waals surface area contributed by atoms with Crippen LogP contribution in [-0.4, -0.2) is 54.5 Å². The Labute approximate surface area is 255 Å². The van der Waals surface area contributed by atoms with Gasteiger partial charge in [0.2, 0.25) is 5.91 Å². The number of ether oxygens (including phenoxy) is 3. The summed E-state index contributed by atoms with van der Waals surface area (Å²) in [6.07, 6.45) is 1.76. The lowest BCUT2D eigenvalue weighted by molar-refractivity contribution is -0.119. The van der Waals surface area contributed by atoms with E-state index in [1.807, 2.05) is 67.3 Å². The fraction of sp³-hybridized carbons (Fsp3) is 0.250. The van der Waals surface area contributed by atoms with Crippen LogP contribution < -0.4 is 20.3 Å². The molecule has 43 heavy (non-hydrogen) atoms. The average molecular weight is 600 g/mol. The van der Waals surface area contributed by atoms with Crippen molar-refractivity contribution in [1.29, 1.82) is 0 Å². The number of esters is 1. The number of nitrogens with one attached hydrogen (secondary N) is 2. The van der Waals surface area contributed by atoms with E-state index in [9.17, 15) is 9.59 Å². The first kappa shape index (κ1) is 29.7. The first-order chi connectivity index (χ1) is 20.8. The number of benzene rings is 2. The highest BCUT2D eigenvalue weighted by molar-refractivity contribution is 7.80. The van der Waals surface area contributed by atoms with Gasteiger partial charge in [-0.15, -0.1) is 0 Å². The van der Waals surface area contributed by atoms with Crippen molar-refractivity contribution in [3.05, 3.63) is 101 Å². The summed E-state index contributed by atoms with van der Waals surface area (Å²) in [5, 5.41) is 6.85. The number of nitrogens with zero attached hydrogens (tertiary/aromatic N) is 3. The van der Waals surface area contributed by atoms with Crippen LogP contribution in [0.4, 0.5) is 11.4 Å². The summed E-state index contributed by atoms with van der Waals surface area (Å²) in [4.78, 5) is 31.8. The topological polar surface area (TPSA) is 107 Å². The molecular weight excluding hydrogens is 566 g/mol. The average Bonchev–Trinajstić information content (AvgIpc) is 3.51. The SMILES string of the molecule is COCC(=O)Nc1cc(N2C(=S)N[C@H](c3ccccn3)[C@H]2c2cc(C)n(-c3ccccc3C(=O)OC)c2C)ccc1OC. The maximum atomic E-state index is 12.7. The molecule has 2 N–H and O–H groups in total. The van der Waals surface area contributed by atoms with Crippen LogP contribution in [0.2, 0.25) is 0 Å². The molecule has 1 aliphatic heterocycles. The number of para-hydroxylation sites is 1. The quantitative estimate of drug-likeness (QED) is 0.202. The number of hydrogen-bond acceptors (Lipinski definition) is 7. The Kier molecular flexibility index (Phi) is 8.74. The molecule has 222 valence electrons. The summed E-state index contributed by atoms with van der Waals surface area (Å²) in [6, 6.07) is 20.2. The molecule has 2 atom stereocenters. The molecular formula is C32H33N5O5S. The highest BCUT2D eigenvalue weighted by Gasteiger charge is 2.42. The number of pyridine rings is 1. The van der Waals surface area contributed by atoms with Crippen LogP contribution in [0, 0.1) is 13.8 Å². The highest BCUT2D eigenvalue weighted by atomic mass is 32.1. The van der Waals surface area contributed by atoms with E-state index in [0.29, 0.717) is 22.1 Å². The minimum atomic E-state index is -0.414. The summed E-state index contributed by atoms with van der Waals surface area (Å²) in [6.45, 7) is 3.93. The van der Waals surface area contributed by atoms with Gasteiger partial charge in [-0.2, -0.15) is 0 Å². The number of carbonyl (C=O) groups is 2. The second-order valence-corrected chi connectivity index (χ2v) is 10.4. The third kappa shape index (κ3) is 5.69. The molecule has 0 unspecified atom stereocenters. The maximum absolute atomic E-state index is 12.7. The van der Waals surface area contributed by atoms with Crippen LogP contribution in [0.15, 0.2) is 72.9 Å². The fourth-order valence-corrected chi connectivity index (χ4v) is 5.96. The predicted molar refractivity (Wildman–Crippen MR) is 168 cm³/mol. The molecule has 1 fully saturated rings. The van der Waals surface area contributed by atoms with Gasteiger partial charge in [0, 0.05) is 30.4 Å². The maximum Gasteiger partial charge on any atom is 0.339 e. The number of hydrogen-bond donors (Lipinski definition) is 2. The second kappa shape index (κ2) is 12.6. The molecule has 2 aromatic heterocycles. The molecule has 0 bridgehead atoms. The number of anilines is 2. The predicted octanol–water partition coefficient (Wildman–Crippen LogP) is 5.05. The number of methoxy groups -OCH3 is 3. The Bertz CT molecular complexity index is 1670. The lowest BCUT2D eigenvalue weighted by atomic mass is 9.96. The molecule has 10 nitrogen and oxygen atoms in total. The van der Waals surface area contributed by atoms with Crippen molar-refractivity contribution in [3.8, 4) is 11.4 Å². The number of rotatable bonds is 9. The second-order valence-electron chi connectivity index (χ2n) is 10.0. The van der Waals surface area contributed by atoms with Gasteiger partial charge in [-0.25, -0.2) is 4.79 Å². The van der Waals surface area contributed by atoms with Crippen molar-refractivity contribution in [2.24, 2.45) is 0 Å². The normalized spacial score (nSPS) is 16.1. The van der Waals surface area contributed by atoms with E-state index in [-0.39, 0.29) is 24.6 Å². The van der Waals surface area contributed by atoms with E-state index in [0.717, 1.165) is 34.0 Å². The summed E-state index contributed by atoms with van der Waals surface area (Å²) >= 11 is 5.94. The van der Waals surface area contributed by atoms with Gasteiger partial charge in [0.05, 0.1) is 48.9 Å². The summed E-state index contributed by atoms with van der Waals surface area (Å²) in [7, 11) is 4.38. The van der Waals surface area contributed by atoms with Crippen LogP contribution in [0.1, 0.15) is 45.1 Å². The molecule has 1 amide bonds. The Morgan fingerprint density at radius 2 is 1.79 bits per heavy atom. The molecule has 5 rings (SSSR count). The zero-order valence-electron chi connectivity index (χ0n) is 24.6. The molecule has 0 saturated carbocycles. The van der Waals surface area contributed by atoms with Crippen LogP contribution in [0.25, 0.3) is 5.69 Å². The van der Waals surface area contributed by atoms with E-state index in [2.05, 4.69) is 26.3 Å². The van der Waals surface area contributed by atoms with Gasteiger partial charge in [-0.1, -0.05) is 18.2 Å². The van der Waals surface area contributed by atoms with Crippen molar-refractivity contribution < 1.29 is 23.8 Å². The van der Waals surface area contributed by atoms with E-state index >= 15 is 0 Å². The number of carbonyl (C=O) groups excluding carboxylic acids is 2. The van der Waals surface area contributed by atoms with E-state index in [1.54, 1.807) is 25.4 Å². The van der Waals surface area contributed by atoms with Crippen molar-refractivity contribution >= 4 is 40.6 Å². The minimum absolute atomic E-state index is 0.0968. The lowest BCUT2D eigenvalue weighted by Gasteiger charge is -2.29. The van der Waals surface area contributed by atoms with Gasteiger partial charge in [0.15, 0.2) is 5.11 Å². The molecule has 0 spiro atoms. The largest absolute Gasteiger partial charge is 0.495 e. The highest BCUT2D eigenvalue weighted by Crippen LogP contribution is 2.45. The third-order valence-electron chi connectivity index (χ3n) is 7.45. The summed E-state index contributed by atoms with van der Waals surface area (Å²) in [5.41, 5.74) is 6.08. The molecule has 0 aliphatic carbocycles. The van der Waals surface area contributed by atoms with Crippen molar-refractivity contribution in [1.82, 2.24) is 14.9 Å². The van der Waals surface area contributed by atoms with E-state index < -0.39 is 5.97 Å². The molecule has 1 saturated heterocycles. The third-order valence-corrected chi connectivity index (χ3v) is 7.76. The smallest absolute Gasteiger partial charge is 0.339 e. The van der Waals surface area contributed by atoms with Gasteiger partial charge in [-0.3, -0.25) is 9.78 Å². The first-order valence-electron chi connectivity index (χ1n) is 13.6. The minimum Gasteiger partial charge on any atom is -0.495 e. The van der Waals surface area contributed by atoms with E-state index in [4.69, 9.17) is 26.4 Å². The fourth-order valence-electron chi connectivity index (χ4n) is 5.62. The van der Waals surface area contributed by atoms with Crippen LogP contribution in [-0.2, 0) is 14.3 Å². The van der Waals surface area contributed by atoms with Crippen LogP contribution >= 0.6 is 12.2 Å². The van der Waals surface area contributed by atoms with Crippen molar-refractivity contribution in [2.45, 2.75) is 25.9 Å². The zero-order chi connectivity index (χ0) is 30.7. The number of aryl methyl sites for hydroxylation is 1. The Morgan fingerprint density at radius 3 is 2.49 bits per heavy atom. The molecule has 3 heterocycles. The Morgan fingerprint density at radius 1 is 1.02 bits per heavy atom. The number of amides is 1. The molecule has 1 aliphatic rings. The summed E-state index contributed by atoms with van der Waals surface area (Å²) in [5.74, 6) is -0.222. The number of aromatic nitrogens is 2. The molecule has 2 aromatic carbocycles. The standard InChI is InChI=1S/C32H33N5O5S/c1-19-16-23(20(2)36(19)26-12-7-6-10-22(26)31(39)42-5)30-29(24-11-8-9-15-33-24)35-32(43)37(30)21-13-14-27(41-4)25(17-21)34-28(38)18-40-3/h6-17,29-30H,18H2,1-5H3,(H,34,38)(H,35,43)/t29-,30-/m1/s1. The van der Waals surface area contributed by atoms with Gasteiger partial charge in [0.1, 0.15) is 12.4 Å². The molecule has 0 radical (unpaired) electrons. The van der Waals surface area contributed by atoms with Crippen LogP contribution in [0.3, 0.4) is 0 Å². The Balaban J connectivity index is 1.67. The van der Waals surface area contributed by atoms with Gasteiger partial charge in [0.25, 0.3) is 0 Å². The first-order valence-corrected chi connectivity index (χ1v) is 14.0. The van der Waals surface area contributed by atoms with E-state index in [1.165, 1.54) is 14.2 Å².